The number of halogens is 4. The quantitative estimate of drug-likeness (QED) is 0.859. The van der Waals surface area contributed by atoms with E-state index in [2.05, 4.69) is 0 Å². The molecule has 0 bridgehead atoms. The average Bonchev–Trinajstić information content (AvgIpc) is 2.51. The maximum atomic E-state index is 13.0. The molecule has 1 aromatic rings. The van der Waals surface area contributed by atoms with Crippen LogP contribution in [0.2, 0.25) is 0 Å². The fourth-order valence-electron chi connectivity index (χ4n) is 3.27. The van der Waals surface area contributed by atoms with Crippen LogP contribution in [0.5, 0.6) is 0 Å². The Hall–Kier alpha value is -1.27. The molecule has 1 amide bonds. The maximum Gasteiger partial charge on any atom is 0.416 e. The molecule has 1 fully saturated rings. The third-order valence-electron chi connectivity index (χ3n) is 4.50. The average molecular weight is 379 g/mol. The summed E-state index contributed by atoms with van der Waals surface area (Å²) in [5.41, 5.74) is 4.73. The highest BCUT2D eigenvalue weighted by Crippen LogP contribution is 2.33. The number of nitrogens with two attached hydrogens (primary N) is 1. The Labute approximate surface area is 153 Å². The van der Waals surface area contributed by atoms with E-state index >= 15 is 0 Å². The third kappa shape index (κ3) is 5.89. The lowest BCUT2D eigenvalue weighted by molar-refractivity contribution is -0.138. The van der Waals surface area contributed by atoms with E-state index in [4.69, 9.17) is 5.73 Å². The minimum atomic E-state index is -4.32. The largest absolute Gasteiger partial charge is 0.416 e. The van der Waals surface area contributed by atoms with E-state index in [1.807, 2.05) is 0 Å². The van der Waals surface area contributed by atoms with Gasteiger partial charge >= 0.3 is 6.18 Å². The van der Waals surface area contributed by atoms with E-state index in [-0.39, 0.29) is 24.2 Å². The summed E-state index contributed by atoms with van der Waals surface area (Å²) >= 11 is 0. The van der Waals surface area contributed by atoms with Crippen molar-refractivity contribution in [2.24, 2.45) is 11.7 Å². The summed E-state index contributed by atoms with van der Waals surface area (Å²) in [5, 5.41) is 0. The van der Waals surface area contributed by atoms with Gasteiger partial charge in [-0.25, -0.2) is 0 Å². The lowest BCUT2D eigenvalue weighted by Crippen LogP contribution is -2.53. The van der Waals surface area contributed by atoms with Gasteiger partial charge in [0.05, 0.1) is 11.1 Å². The molecule has 0 aromatic heterocycles. The molecule has 1 atom stereocenters. The Morgan fingerprint density at radius 1 is 1.28 bits per heavy atom. The number of likely N-dealkylation sites (tertiary alicyclic amines) is 1. The van der Waals surface area contributed by atoms with Gasteiger partial charge in [0.15, 0.2) is 0 Å². The number of alkyl halides is 3. The van der Waals surface area contributed by atoms with Crippen molar-refractivity contribution in [3.63, 3.8) is 0 Å². The Kier molecular flexibility index (Phi) is 7.32. The molecule has 0 radical (unpaired) electrons. The number of rotatable bonds is 4. The van der Waals surface area contributed by atoms with Gasteiger partial charge in [-0.1, -0.05) is 18.2 Å². The van der Waals surface area contributed by atoms with Crippen molar-refractivity contribution < 1.29 is 18.0 Å². The molecule has 0 aliphatic carbocycles. The molecular weight excluding hydrogens is 353 g/mol. The minimum Gasteiger partial charge on any atom is -0.341 e. The number of hydrogen-bond donors (Lipinski definition) is 1. The summed E-state index contributed by atoms with van der Waals surface area (Å²) in [7, 11) is 0. The topological polar surface area (TPSA) is 46.3 Å². The third-order valence-corrected chi connectivity index (χ3v) is 4.50. The predicted octanol–water partition coefficient (Wildman–Crippen LogP) is 4.04. The smallest absolute Gasteiger partial charge is 0.341 e. The molecule has 1 aromatic carbocycles. The SMILES string of the molecule is CC(C)(N)C(=O)N1CCCC(CCc2ccccc2C(F)(F)F)C1.Cl. The molecule has 1 aliphatic heterocycles. The highest BCUT2D eigenvalue weighted by molar-refractivity contribution is 5.85. The molecule has 142 valence electrons. The number of aryl methyl sites for hydroxylation is 1. The van der Waals surface area contributed by atoms with Crippen LogP contribution in [0, 0.1) is 5.92 Å². The standard InChI is InChI=1S/C18H25F3N2O.ClH/c1-17(2,22)16(24)23-11-5-6-13(12-23)9-10-14-7-3-4-8-15(14)18(19,20)21;/h3-4,7-8,13H,5-6,9-12,22H2,1-2H3;1H. The first-order valence-electron chi connectivity index (χ1n) is 8.32. The first kappa shape index (κ1) is 21.8. The fraction of sp³-hybridized carbons (Fsp3) is 0.611. The molecule has 1 aliphatic rings. The zero-order valence-corrected chi connectivity index (χ0v) is 15.4. The van der Waals surface area contributed by atoms with Gasteiger partial charge in [-0.3, -0.25) is 4.79 Å². The van der Waals surface area contributed by atoms with Gasteiger partial charge in [-0.2, -0.15) is 13.2 Å². The van der Waals surface area contributed by atoms with Crippen LogP contribution in [-0.2, 0) is 17.4 Å². The van der Waals surface area contributed by atoms with Crippen LogP contribution < -0.4 is 5.73 Å². The van der Waals surface area contributed by atoms with Crippen molar-refractivity contribution in [3.05, 3.63) is 35.4 Å². The Balaban J connectivity index is 0.00000312. The summed E-state index contributed by atoms with van der Waals surface area (Å²) in [6.45, 7) is 4.61. The predicted molar refractivity (Wildman–Crippen MR) is 94.6 cm³/mol. The lowest BCUT2D eigenvalue weighted by Gasteiger charge is -2.36. The van der Waals surface area contributed by atoms with Gasteiger partial charge in [-0.05, 0) is 57.1 Å². The van der Waals surface area contributed by atoms with Gasteiger partial charge in [0, 0.05) is 13.1 Å². The van der Waals surface area contributed by atoms with Crippen LogP contribution in [0.25, 0.3) is 0 Å². The molecule has 3 nitrogen and oxygen atoms in total. The number of amides is 1. The van der Waals surface area contributed by atoms with Gasteiger partial charge in [0.2, 0.25) is 5.91 Å². The van der Waals surface area contributed by atoms with E-state index in [0.29, 0.717) is 31.5 Å². The number of piperidine rings is 1. The monoisotopic (exact) mass is 378 g/mol. The van der Waals surface area contributed by atoms with E-state index in [1.54, 1.807) is 24.8 Å². The normalized spacial score (nSPS) is 18.6. The van der Waals surface area contributed by atoms with Crippen LogP contribution >= 0.6 is 12.4 Å². The zero-order chi connectivity index (χ0) is 18.0. The fourth-order valence-corrected chi connectivity index (χ4v) is 3.27. The van der Waals surface area contributed by atoms with Gasteiger partial charge in [-0.15, -0.1) is 12.4 Å². The summed E-state index contributed by atoms with van der Waals surface area (Å²) in [4.78, 5) is 14.0. The summed E-state index contributed by atoms with van der Waals surface area (Å²) < 4.78 is 39.1. The number of carbonyl (C=O) groups excluding carboxylic acids is 1. The Morgan fingerprint density at radius 3 is 2.52 bits per heavy atom. The van der Waals surface area contributed by atoms with Crippen LogP contribution in [0.4, 0.5) is 13.2 Å². The first-order chi connectivity index (χ1) is 11.1. The summed E-state index contributed by atoms with van der Waals surface area (Å²) in [5.74, 6) is 0.120. The number of carbonyl (C=O) groups is 1. The Bertz CT molecular complexity index is 584. The molecule has 25 heavy (non-hydrogen) atoms. The molecule has 2 rings (SSSR count). The zero-order valence-electron chi connectivity index (χ0n) is 14.6. The summed E-state index contributed by atoms with van der Waals surface area (Å²) in [6.07, 6.45) is -1.51. The van der Waals surface area contributed by atoms with E-state index in [0.717, 1.165) is 18.9 Å². The van der Waals surface area contributed by atoms with Crippen molar-refractivity contribution in [3.8, 4) is 0 Å². The van der Waals surface area contributed by atoms with Crippen molar-refractivity contribution in [2.45, 2.75) is 51.2 Å². The summed E-state index contributed by atoms with van der Waals surface area (Å²) in [6, 6.07) is 5.72. The Morgan fingerprint density at radius 2 is 1.92 bits per heavy atom. The molecule has 0 spiro atoms. The van der Waals surface area contributed by atoms with E-state index < -0.39 is 17.3 Å². The second-order valence-electron chi connectivity index (χ2n) is 7.17. The number of hydrogen-bond acceptors (Lipinski definition) is 2. The van der Waals surface area contributed by atoms with Crippen LogP contribution in [0.3, 0.4) is 0 Å². The van der Waals surface area contributed by atoms with Gasteiger partial charge in [0.1, 0.15) is 0 Å². The van der Waals surface area contributed by atoms with E-state index in [1.165, 1.54) is 12.1 Å². The lowest BCUT2D eigenvalue weighted by atomic mass is 9.89. The second kappa shape index (κ2) is 8.41. The van der Waals surface area contributed by atoms with Crippen LogP contribution in [0.15, 0.2) is 24.3 Å². The van der Waals surface area contributed by atoms with Crippen LogP contribution in [0.1, 0.15) is 44.2 Å². The van der Waals surface area contributed by atoms with Crippen molar-refractivity contribution in [2.75, 3.05) is 13.1 Å². The van der Waals surface area contributed by atoms with Gasteiger partial charge in [0.25, 0.3) is 0 Å². The molecule has 2 N–H and O–H groups in total. The van der Waals surface area contributed by atoms with Gasteiger partial charge < -0.3 is 10.6 Å². The highest BCUT2D eigenvalue weighted by Gasteiger charge is 2.34. The molecule has 0 saturated carbocycles. The maximum absolute atomic E-state index is 13.0. The molecule has 1 unspecified atom stereocenters. The van der Waals surface area contributed by atoms with Crippen LogP contribution in [-0.4, -0.2) is 29.4 Å². The minimum absolute atomic E-state index is 0. The first-order valence-corrected chi connectivity index (χ1v) is 8.32. The van der Waals surface area contributed by atoms with Crippen molar-refractivity contribution in [1.29, 1.82) is 0 Å². The van der Waals surface area contributed by atoms with Crippen molar-refractivity contribution >= 4 is 18.3 Å². The molecule has 7 heteroatoms. The molecule has 1 heterocycles. The second-order valence-corrected chi connectivity index (χ2v) is 7.17. The number of nitrogens with zero attached hydrogens (tertiary/aromatic N) is 1. The van der Waals surface area contributed by atoms with Crippen molar-refractivity contribution in [1.82, 2.24) is 4.90 Å². The highest BCUT2D eigenvalue weighted by atomic mass is 35.5. The molecule has 1 saturated heterocycles. The molecular formula is C18H26ClF3N2O. The van der Waals surface area contributed by atoms with E-state index in [9.17, 15) is 18.0 Å². The number of benzene rings is 1.